The maximum atomic E-state index is 13.1. The van der Waals surface area contributed by atoms with Crippen molar-refractivity contribution >= 4 is 5.91 Å². The van der Waals surface area contributed by atoms with E-state index in [2.05, 4.69) is 17.6 Å². The fraction of sp³-hybridized carbons (Fsp3) is 0.533. The molecule has 1 amide bonds. The van der Waals surface area contributed by atoms with E-state index in [1.54, 1.807) is 6.07 Å². The van der Waals surface area contributed by atoms with Gasteiger partial charge in [0.2, 0.25) is 5.91 Å². The monoisotopic (exact) mass is 264 g/mol. The molecular formula is C15H21FN2O. The molecule has 1 aromatic carbocycles. The molecule has 0 aliphatic carbocycles. The highest BCUT2D eigenvalue weighted by atomic mass is 19.1. The molecule has 1 aliphatic rings. The van der Waals surface area contributed by atoms with Crippen LogP contribution < -0.4 is 10.6 Å². The highest BCUT2D eigenvalue weighted by Gasteiger charge is 2.25. The van der Waals surface area contributed by atoms with Gasteiger partial charge < -0.3 is 10.6 Å². The lowest BCUT2D eigenvalue weighted by molar-refractivity contribution is -0.126. The van der Waals surface area contributed by atoms with Gasteiger partial charge >= 0.3 is 0 Å². The lowest BCUT2D eigenvalue weighted by Crippen LogP contribution is -2.42. The minimum atomic E-state index is -0.269. The fourth-order valence-electron chi connectivity index (χ4n) is 2.56. The molecule has 0 radical (unpaired) electrons. The number of nitrogens with one attached hydrogen (secondary N) is 2. The molecule has 1 aromatic rings. The number of hydrogen-bond acceptors (Lipinski definition) is 2. The summed E-state index contributed by atoms with van der Waals surface area (Å²) in [6.45, 7) is 4.86. The van der Waals surface area contributed by atoms with Crippen molar-refractivity contribution in [1.29, 1.82) is 0 Å². The Bertz CT molecular complexity index is 450. The zero-order valence-corrected chi connectivity index (χ0v) is 11.4. The van der Waals surface area contributed by atoms with Crippen molar-refractivity contribution < 1.29 is 9.18 Å². The molecule has 3 atom stereocenters. The van der Waals surface area contributed by atoms with Crippen LogP contribution in [0.25, 0.3) is 0 Å². The van der Waals surface area contributed by atoms with Crippen LogP contribution >= 0.6 is 0 Å². The Hall–Kier alpha value is -1.42. The number of carbonyl (C=O) groups is 1. The van der Waals surface area contributed by atoms with E-state index in [0.717, 1.165) is 24.9 Å². The maximum absolute atomic E-state index is 13.1. The maximum Gasteiger partial charge on any atom is 0.223 e. The summed E-state index contributed by atoms with van der Waals surface area (Å²) < 4.78 is 13.1. The van der Waals surface area contributed by atoms with Crippen molar-refractivity contribution in [3.05, 3.63) is 35.6 Å². The first kappa shape index (κ1) is 14.0. The van der Waals surface area contributed by atoms with E-state index in [4.69, 9.17) is 0 Å². The highest BCUT2D eigenvalue weighted by Crippen LogP contribution is 2.19. The van der Waals surface area contributed by atoms with Crippen LogP contribution in [0.15, 0.2) is 24.3 Å². The van der Waals surface area contributed by atoms with E-state index in [0.29, 0.717) is 6.04 Å². The predicted molar refractivity (Wildman–Crippen MR) is 73.1 cm³/mol. The van der Waals surface area contributed by atoms with Crippen LogP contribution in [0.3, 0.4) is 0 Å². The van der Waals surface area contributed by atoms with Crippen LogP contribution in [0.4, 0.5) is 4.39 Å². The van der Waals surface area contributed by atoms with E-state index < -0.39 is 0 Å². The van der Waals surface area contributed by atoms with Crippen molar-refractivity contribution in [3.63, 3.8) is 0 Å². The van der Waals surface area contributed by atoms with Crippen molar-refractivity contribution in [3.8, 4) is 0 Å². The van der Waals surface area contributed by atoms with Gasteiger partial charge in [-0.15, -0.1) is 0 Å². The molecule has 0 spiro atoms. The van der Waals surface area contributed by atoms with Crippen LogP contribution in [-0.2, 0) is 4.79 Å². The summed E-state index contributed by atoms with van der Waals surface area (Å²) in [5, 5.41) is 6.31. The van der Waals surface area contributed by atoms with Gasteiger partial charge in [-0.1, -0.05) is 12.1 Å². The minimum absolute atomic E-state index is 0.0623. The van der Waals surface area contributed by atoms with Gasteiger partial charge in [-0.05, 0) is 50.9 Å². The van der Waals surface area contributed by atoms with Gasteiger partial charge in [-0.3, -0.25) is 4.79 Å². The third-order valence-corrected chi connectivity index (χ3v) is 3.70. The van der Waals surface area contributed by atoms with Gasteiger partial charge in [0.05, 0.1) is 6.04 Å². The summed E-state index contributed by atoms with van der Waals surface area (Å²) >= 11 is 0. The standard InChI is InChI=1S/C15H21FN2O/c1-10-8-13(6-7-17-10)15(19)18-11(2)12-4-3-5-14(16)9-12/h3-5,9-11,13,17H,6-8H2,1-2H3,(H,18,19)/t10?,11-,13?/m1/s1. The Labute approximate surface area is 113 Å². The molecule has 0 bridgehead atoms. The lowest BCUT2D eigenvalue weighted by atomic mass is 9.92. The number of carbonyl (C=O) groups excluding carboxylic acids is 1. The second-order valence-corrected chi connectivity index (χ2v) is 5.36. The Kier molecular flexibility index (Phi) is 4.53. The topological polar surface area (TPSA) is 41.1 Å². The molecule has 1 aliphatic heterocycles. The van der Waals surface area contributed by atoms with Crippen LogP contribution in [0, 0.1) is 11.7 Å². The van der Waals surface area contributed by atoms with Gasteiger partial charge in [0.1, 0.15) is 5.82 Å². The molecule has 1 fully saturated rings. The van der Waals surface area contributed by atoms with Crippen molar-refractivity contribution in [1.82, 2.24) is 10.6 Å². The zero-order chi connectivity index (χ0) is 13.8. The summed E-state index contributed by atoms with van der Waals surface area (Å²) in [6.07, 6.45) is 1.73. The van der Waals surface area contributed by atoms with Crippen LogP contribution in [-0.4, -0.2) is 18.5 Å². The molecule has 19 heavy (non-hydrogen) atoms. The average Bonchev–Trinajstić information content (AvgIpc) is 2.38. The van der Waals surface area contributed by atoms with Crippen LogP contribution in [0.5, 0.6) is 0 Å². The number of benzene rings is 1. The number of rotatable bonds is 3. The SMILES string of the molecule is CC1CC(C(=O)N[C@H](C)c2cccc(F)c2)CCN1. The van der Waals surface area contributed by atoms with E-state index in [-0.39, 0.29) is 23.7 Å². The van der Waals surface area contributed by atoms with Gasteiger partial charge in [0, 0.05) is 12.0 Å². The summed E-state index contributed by atoms with van der Waals surface area (Å²) in [6, 6.07) is 6.60. The second-order valence-electron chi connectivity index (χ2n) is 5.36. The quantitative estimate of drug-likeness (QED) is 0.880. The van der Waals surface area contributed by atoms with Gasteiger partial charge in [0.25, 0.3) is 0 Å². The van der Waals surface area contributed by atoms with Crippen molar-refractivity contribution in [2.45, 2.75) is 38.8 Å². The molecule has 0 aromatic heterocycles. The molecule has 1 heterocycles. The second kappa shape index (κ2) is 6.15. The Morgan fingerprint density at radius 1 is 1.53 bits per heavy atom. The number of amides is 1. The van der Waals surface area contributed by atoms with Crippen LogP contribution in [0.2, 0.25) is 0 Å². The Morgan fingerprint density at radius 2 is 2.32 bits per heavy atom. The average molecular weight is 264 g/mol. The number of halogens is 1. The van der Waals surface area contributed by atoms with E-state index >= 15 is 0 Å². The summed E-state index contributed by atoms with van der Waals surface area (Å²) in [5.41, 5.74) is 0.801. The van der Waals surface area contributed by atoms with E-state index in [1.807, 2.05) is 13.0 Å². The minimum Gasteiger partial charge on any atom is -0.349 e. The molecule has 104 valence electrons. The Morgan fingerprint density at radius 3 is 3.00 bits per heavy atom. The molecule has 2 rings (SSSR count). The van der Waals surface area contributed by atoms with E-state index in [9.17, 15) is 9.18 Å². The fourth-order valence-corrected chi connectivity index (χ4v) is 2.56. The molecule has 4 heteroatoms. The third-order valence-electron chi connectivity index (χ3n) is 3.70. The first-order chi connectivity index (χ1) is 9.06. The summed E-state index contributed by atoms with van der Waals surface area (Å²) in [7, 11) is 0. The van der Waals surface area contributed by atoms with E-state index in [1.165, 1.54) is 12.1 Å². The molecular weight excluding hydrogens is 243 g/mol. The largest absolute Gasteiger partial charge is 0.349 e. The van der Waals surface area contributed by atoms with Crippen LogP contribution in [0.1, 0.15) is 38.3 Å². The third kappa shape index (κ3) is 3.77. The zero-order valence-electron chi connectivity index (χ0n) is 11.4. The smallest absolute Gasteiger partial charge is 0.223 e. The highest BCUT2D eigenvalue weighted by molar-refractivity contribution is 5.79. The van der Waals surface area contributed by atoms with Gasteiger partial charge in [-0.2, -0.15) is 0 Å². The summed E-state index contributed by atoms with van der Waals surface area (Å²) in [5.74, 6) is -0.133. The number of hydrogen-bond donors (Lipinski definition) is 2. The van der Waals surface area contributed by atoms with Crippen molar-refractivity contribution in [2.75, 3.05) is 6.54 Å². The molecule has 1 saturated heterocycles. The van der Waals surface area contributed by atoms with Crippen molar-refractivity contribution in [2.24, 2.45) is 5.92 Å². The molecule has 2 N–H and O–H groups in total. The first-order valence-corrected chi connectivity index (χ1v) is 6.85. The van der Waals surface area contributed by atoms with Gasteiger partial charge in [-0.25, -0.2) is 4.39 Å². The predicted octanol–water partition coefficient (Wildman–Crippen LogP) is 2.39. The molecule has 0 saturated carbocycles. The first-order valence-electron chi connectivity index (χ1n) is 6.85. The van der Waals surface area contributed by atoms with Gasteiger partial charge in [0.15, 0.2) is 0 Å². The Balaban J connectivity index is 1.94. The normalized spacial score (nSPS) is 24.8. The lowest BCUT2D eigenvalue weighted by Gasteiger charge is -2.28. The number of piperidine rings is 1. The summed E-state index contributed by atoms with van der Waals surface area (Å²) in [4.78, 5) is 12.2. The molecule has 3 nitrogen and oxygen atoms in total. The molecule has 2 unspecified atom stereocenters.